The molecule has 0 aromatic heterocycles. The van der Waals surface area contributed by atoms with Crippen molar-refractivity contribution >= 4 is 17.6 Å². The molecule has 3 amide bonds. The summed E-state index contributed by atoms with van der Waals surface area (Å²) in [6.45, 7) is 4.99. The van der Waals surface area contributed by atoms with Gasteiger partial charge in [0.15, 0.2) is 0 Å². The SMILES string of the molecule is CCc1ccc(N2CC3=C(C2=O)C(c2ccccc2)NC(=O)N3CC)cc1. The summed E-state index contributed by atoms with van der Waals surface area (Å²) in [4.78, 5) is 29.4. The quantitative estimate of drug-likeness (QED) is 0.904. The molecule has 27 heavy (non-hydrogen) atoms. The largest absolute Gasteiger partial charge is 0.326 e. The maximum atomic E-state index is 13.3. The van der Waals surface area contributed by atoms with Crippen molar-refractivity contribution in [3.8, 4) is 0 Å². The lowest BCUT2D eigenvalue weighted by molar-refractivity contribution is -0.114. The summed E-state index contributed by atoms with van der Waals surface area (Å²) in [7, 11) is 0. The van der Waals surface area contributed by atoms with Gasteiger partial charge in [0.05, 0.1) is 23.9 Å². The Bertz CT molecular complexity index is 903. The Labute approximate surface area is 159 Å². The fourth-order valence-electron chi connectivity index (χ4n) is 3.84. The topological polar surface area (TPSA) is 52.7 Å². The first-order valence-corrected chi connectivity index (χ1v) is 9.40. The van der Waals surface area contributed by atoms with Crippen LogP contribution in [0, 0.1) is 0 Å². The van der Waals surface area contributed by atoms with E-state index in [1.165, 1.54) is 5.56 Å². The minimum Gasteiger partial charge on any atom is -0.326 e. The van der Waals surface area contributed by atoms with E-state index in [9.17, 15) is 9.59 Å². The van der Waals surface area contributed by atoms with Gasteiger partial charge in [-0.25, -0.2) is 4.79 Å². The molecule has 138 valence electrons. The zero-order valence-electron chi connectivity index (χ0n) is 15.6. The zero-order chi connectivity index (χ0) is 19.0. The van der Waals surface area contributed by atoms with Crippen LogP contribution in [-0.2, 0) is 11.2 Å². The smallest absolute Gasteiger partial charge is 0.322 e. The minimum atomic E-state index is -0.413. The zero-order valence-corrected chi connectivity index (χ0v) is 15.6. The Morgan fingerprint density at radius 1 is 1.00 bits per heavy atom. The standard InChI is InChI=1S/C22H23N3O2/c1-3-15-10-12-17(13-11-15)25-14-18-19(21(25)26)20(16-8-6-5-7-9-16)23-22(27)24(18)4-2/h5-13,20H,3-4,14H2,1-2H3,(H,23,27). The average Bonchev–Trinajstić information content (AvgIpc) is 3.05. The molecule has 0 saturated carbocycles. The van der Waals surface area contributed by atoms with E-state index < -0.39 is 6.04 Å². The highest BCUT2D eigenvalue weighted by Crippen LogP contribution is 2.37. The number of amides is 3. The number of nitrogens with one attached hydrogen (secondary N) is 1. The lowest BCUT2D eigenvalue weighted by atomic mass is 9.95. The molecule has 0 radical (unpaired) electrons. The van der Waals surface area contributed by atoms with Crippen LogP contribution in [0.25, 0.3) is 0 Å². The Hall–Kier alpha value is -3.08. The molecule has 4 rings (SSSR count). The molecule has 5 heteroatoms. The molecule has 2 aromatic rings. The van der Waals surface area contributed by atoms with E-state index in [1.807, 2.05) is 49.4 Å². The molecule has 1 atom stereocenters. The van der Waals surface area contributed by atoms with E-state index in [0.717, 1.165) is 23.4 Å². The lowest BCUT2D eigenvalue weighted by Crippen LogP contribution is -2.47. The number of carbonyl (C=O) groups excluding carboxylic acids is 2. The van der Waals surface area contributed by atoms with Crippen molar-refractivity contribution < 1.29 is 9.59 Å². The summed E-state index contributed by atoms with van der Waals surface area (Å²) in [5, 5.41) is 3.01. The van der Waals surface area contributed by atoms with Gasteiger partial charge < -0.3 is 10.2 Å². The molecule has 1 unspecified atom stereocenters. The van der Waals surface area contributed by atoms with Gasteiger partial charge in [0.25, 0.3) is 5.91 Å². The Morgan fingerprint density at radius 2 is 1.70 bits per heavy atom. The van der Waals surface area contributed by atoms with E-state index in [4.69, 9.17) is 0 Å². The molecular weight excluding hydrogens is 338 g/mol. The van der Waals surface area contributed by atoms with Crippen LogP contribution in [0.3, 0.4) is 0 Å². The summed E-state index contributed by atoms with van der Waals surface area (Å²) < 4.78 is 0. The molecule has 2 aliphatic heterocycles. The molecule has 0 spiro atoms. The number of nitrogens with zero attached hydrogens (tertiary/aromatic N) is 2. The van der Waals surface area contributed by atoms with Crippen molar-refractivity contribution in [3.63, 3.8) is 0 Å². The highest BCUT2D eigenvalue weighted by molar-refractivity contribution is 6.11. The lowest BCUT2D eigenvalue weighted by Gasteiger charge is -2.32. The number of urea groups is 1. The highest BCUT2D eigenvalue weighted by atomic mass is 16.2. The first kappa shape index (κ1) is 17.3. The fraction of sp³-hybridized carbons (Fsp3) is 0.273. The van der Waals surface area contributed by atoms with Crippen LogP contribution in [0.1, 0.15) is 31.0 Å². The van der Waals surface area contributed by atoms with Crippen LogP contribution < -0.4 is 10.2 Å². The van der Waals surface area contributed by atoms with Crippen molar-refractivity contribution in [2.24, 2.45) is 0 Å². The number of benzene rings is 2. The van der Waals surface area contributed by atoms with Gasteiger partial charge in [0.1, 0.15) is 0 Å². The highest BCUT2D eigenvalue weighted by Gasteiger charge is 2.43. The van der Waals surface area contributed by atoms with Crippen LogP contribution in [0.2, 0.25) is 0 Å². The van der Waals surface area contributed by atoms with E-state index in [0.29, 0.717) is 18.7 Å². The second-order valence-electron chi connectivity index (χ2n) is 6.81. The molecule has 5 nitrogen and oxygen atoms in total. The molecule has 2 aliphatic rings. The summed E-state index contributed by atoms with van der Waals surface area (Å²) >= 11 is 0. The van der Waals surface area contributed by atoms with Crippen LogP contribution in [0.5, 0.6) is 0 Å². The Balaban J connectivity index is 1.74. The number of carbonyl (C=O) groups is 2. The van der Waals surface area contributed by atoms with Gasteiger partial charge in [0.2, 0.25) is 0 Å². The van der Waals surface area contributed by atoms with Crippen molar-refractivity contribution in [1.29, 1.82) is 0 Å². The van der Waals surface area contributed by atoms with Crippen molar-refractivity contribution in [1.82, 2.24) is 10.2 Å². The number of rotatable bonds is 4. The average molecular weight is 361 g/mol. The first-order valence-electron chi connectivity index (χ1n) is 9.40. The molecule has 0 aliphatic carbocycles. The second-order valence-corrected chi connectivity index (χ2v) is 6.81. The normalized spacial score (nSPS) is 19.4. The third kappa shape index (κ3) is 2.89. The molecule has 2 aromatic carbocycles. The monoisotopic (exact) mass is 361 g/mol. The fourth-order valence-corrected chi connectivity index (χ4v) is 3.84. The van der Waals surface area contributed by atoms with E-state index in [2.05, 4.69) is 24.4 Å². The van der Waals surface area contributed by atoms with Crippen molar-refractivity contribution in [2.45, 2.75) is 26.3 Å². The Kier molecular flexibility index (Phi) is 4.44. The second kappa shape index (κ2) is 6.91. The summed E-state index contributed by atoms with van der Waals surface area (Å²) in [5.41, 5.74) is 4.49. The summed E-state index contributed by atoms with van der Waals surface area (Å²) in [6, 6.07) is 17.2. The molecular formula is C22H23N3O2. The summed E-state index contributed by atoms with van der Waals surface area (Å²) in [6.07, 6.45) is 0.959. The van der Waals surface area contributed by atoms with E-state index >= 15 is 0 Å². The molecule has 0 fully saturated rings. The first-order chi connectivity index (χ1) is 13.1. The molecule has 0 bridgehead atoms. The van der Waals surface area contributed by atoms with Gasteiger partial charge in [-0.3, -0.25) is 9.69 Å². The number of likely N-dealkylation sites (N-methyl/N-ethyl adjacent to an activating group) is 1. The van der Waals surface area contributed by atoms with Gasteiger partial charge in [-0.15, -0.1) is 0 Å². The van der Waals surface area contributed by atoms with Gasteiger partial charge in [-0.05, 0) is 36.6 Å². The van der Waals surface area contributed by atoms with Crippen LogP contribution in [-0.4, -0.2) is 29.9 Å². The predicted octanol–water partition coefficient (Wildman–Crippen LogP) is 3.64. The number of anilines is 1. The van der Waals surface area contributed by atoms with Gasteiger partial charge >= 0.3 is 6.03 Å². The van der Waals surface area contributed by atoms with Crippen LogP contribution in [0.4, 0.5) is 10.5 Å². The maximum absolute atomic E-state index is 13.3. The molecule has 1 N–H and O–H groups in total. The van der Waals surface area contributed by atoms with E-state index in [-0.39, 0.29) is 11.9 Å². The minimum absolute atomic E-state index is 0.0402. The predicted molar refractivity (Wildman–Crippen MR) is 105 cm³/mol. The van der Waals surface area contributed by atoms with Gasteiger partial charge in [-0.2, -0.15) is 0 Å². The van der Waals surface area contributed by atoms with Crippen molar-refractivity contribution in [3.05, 3.63) is 77.0 Å². The van der Waals surface area contributed by atoms with Crippen LogP contribution >= 0.6 is 0 Å². The number of hydrogen-bond donors (Lipinski definition) is 1. The van der Waals surface area contributed by atoms with Crippen LogP contribution in [0.15, 0.2) is 65.9 Å². The van der Waals surface area contributed by atoms with E-state index in [1.54, 1.807) is 9.80 Å². The van der Waals surface area contributed by atoms with Gasteiger partial charge in [0, 0.05) is 12.2 Å². The third-order valence-electron chi connectivity index (χ3n) is 5.33. The Morgan fingerprint density at radius 3 is 2.33 bits per heavy atom. The maximum Gasteiger partial charge on any atom is 0.322 e. The summed E-state index contributed by atoms with van der Waals surface area (Å²) in [5.74, 6) is -0.0402. The number of hydrogen-bond acceptors (Lipinski definition) is 2. The molecule has 0 saturated heterocycles. The third-order valence-corrected chi connectivity index (χ3v) is 5.33. The number of aryl methyl sites for hydroxylation is 1. The molecule has 2 heterocycles. The van der Waals surface area contributed by atoms with Crippen molar-refractivity contribution in [2.75, 3.05) is 18.0 Å². The van der Waals surface area contributed by atoms with Gasteiger partial charge in [-0.1, -0.05) is 49.4 Å².